The van der Waals surface area contributed by atoms with Crippen LogP contribution in [0.4, 0.5) is 0 Å². The Kier molecular flexibility index (Phi) is 3.12. The molecule has 0 radical (unpaired) electrons. The van der Waals surface area contributed by atoms with Gasteiger partial charge in [0.2, 0.25) is 0 Å². The molecule has 1 N–H and O–H groups in total. The van der Waals surface area contributed by atoms with Crippen molar-refractivity contribution in [1.82, 2.24) is 5.32 Å². The molecule has 0 atom stereocenters. The molecule has 0 aromatic carbocycles. The number of carbonyl (C=O) groups is 1. The van der Waals surface area contributed by atoms with Crippen LogP contribution in [-0.4, -0.2) is 11.3 Å². The summed E-state index contributed by atoms with van der Waals surface area (Å²) in [7, 11) is 0. The van der Waals surface area contributed by atoms with Crippen LogP contribution in [0.2, 0.25) is 0 Å². The molecule has 2 nitrogen and oxygen atoms in total. The summed E-state index contributed by atoms with van der Waals surface area (Å²) in [5, 5.41) is 3.24. The summed E-state index contributed by atoms with van der Waals surface area (Å²) in [6.45, 7) is 6.28. The maximum Gasteiger partial charge on any atom is 0.160 e. The number of hydrogen-bond donors (Lipinski definition) is 1. The van der Waals surface area contributed by atoms with Gasteiger partial charge in [0.15, 0.2) is 5.78 Å². The van der Waals surface area contributed by atoms with Gasteiger partial charge in [0, 0.05) is 23.7 Å². The Morgan fingerprint density at radius 3 is 2.38 bits per heavy atom. The van der Waals surface area contributed by atoms with E-state index in [-0.39, 0.29) is 5.54 Å². The van der Waals surface area contributed by atoms with Crippen molar-refractivity contribution in [2.45, 2.75) is 52.0 Å². The smallest absolute Gasteiger partial charge is 0.160 e. The van der Waals surface area contributed by atoms with Crippen LogP contribution in [0.25, 0.3) is 0 Å². The van der Waals surface area contributed by atoms with E-state index in [1.54, 1.807) is 0 Å². The average molecular weight is 181 g/mol. The lowest BCUT2D eigenvalue weighted by molar-refractivity contribution is -0.116. The van der Waals surface area contributed by atoms with Crippen LogP contribution in [0.15, 0.2) is 11.8 Å². The summed E-state index contributed by atoms with van der Waals surface area (Å²) < 4.78 is 0. The van der Waals surface area contributed by atoms with E-state index in [2.05, 4.69) is 26.1 Å². The number of hydrogen-bond acceptors (Lipinski definition) is 2. The second kappa shape index (κ2) is 3.95. The first-order chi connectivity index (χ1) is 5.99. The van der Waals surface area contributed by atoms with Crippen LogP contribution >= 0.6 is 0 Å². The minimum Gasteiger partial charge on any atom is -0.386 e. The summed E-state index contributed by atoms with van der Waals surface area (Å²) in [4.78, 5) is 11.4. The largest absolute Gasteiger partial charge is 0.386 e. The molecule has 1 saturated carbocycles. The molecule has 0 heterocycles. The number of rotatable bonds is 1. The molecule has 1 fully saturated rings. The molecule has 1 aliphatic rings. The van der Waals surface area contributed by atoms with Crippen molar-refractivity contribution in [3.05, 3.63) is 11.8 Å². The van der Waals surface area contributed by atoms with Crippen molar-refractivity contribution in [1.29, 1.82) is 0 Å². The van der Waals surface area contributed by atoms with Crippen molar-refractivity contribution in [2.24, 2.45) is 0 Å². The van der Waals surface area contributed by atoms with E-state index in [9.17, 15) is 4.79 Å². The van der Waals surface area contributed by atoms with E-state index in [0.29, 0.717) is 5.78 Å². The summed E-state index contributed by atoms with van der Waals surface area (Å²) in [5.74, 6) is 0.322. The maximum atomic E-state index is 11.4. The summed E-state index contributed by atoms with van der Waals surface area (Å²) in [5.41, 5.74) is 1.03. The van der Waals surface area contributed by atoms with Gasteiger partial charge < -0.3 is 5.32 Å². The van der Waals surface area contributed by atoms with Gasteiger partial charge in [-0.15, -0.1) is 0 Å². The van der Waals surface area contributed by atoms with E-state index >= 15 is 0 Å². The Balaban J connectivity index is 2.54. The van der Waals surface area contributed by atoms with Gasteiger partial charge in [0.1, 0.15) is 0 Å². The number of Topliss-reactive ketones (excluding diaryl/α,β-unsaturated/α-hetero) is 1. The lowest BCUT2D eigenvalue weighted by atomic mass is 9.94. The Bertz CT molecular complexity index is 223. The lowest BCUT2D eigenvalue weighted by Crippen LogP contribution is -2.32. The standard InChI is InChI=1S/C11H19NO/c1-11(2,3)12-8-9-6-4-5-7-10(9)13/h8,12H,4-7H2,1-3H3/b9-8-. The monoisotopic (exact) mass is 181 g/mol. The summed E-state index contributed by atoms with van der Waals surface area (Å²) >= 11 is 0. The fourth-order valence-electron chi connectivity index (χ4n) is 1.36. The first-order valence-electron chi connectivity index (χ1n) is 4.99. The lowest BCUT2D eigenvalue weighted by Gasteiger charge is -2.21. The summed E-state index contributed by atoms with van der Waals surface area (Å²) in [6, 6.07) is 0. The van der Waals surface area contributed by atoms with Crippen LogP contribution < -0.4 is 5.32 Å². The molecule has 1 aliphatic carbocycles. The number of allylic oxidation sites excluding steroid dienone is 1. The molecule has 0 amide bonds. The molecule has 74 valence electrons. The molecule has 0 aromatic rings. The third-order valence-corrected chi connectivity index (χ3v) is 2.14. The van der Waals surface area contributed by atoms with Gasteiger partial charge in [0.05, 0.1) is 0 Å². The van der Waals surface area contributed by atoms with Gasteiger partial charge in [-0.05, 0) is 40.0 Å². The number of ketones is 1. The van der Waals surface area contributed by atoms with E-state index in [0.717, 1.165) is 31.3 Å². The number of carbonyl (C=O) groups excluding carboxylic acids is 1. The molecule has 0 aromatic heterocycles. The molecular formula is C11H19NO. The van der Waals surface area contributed by atoms with Gasteiger partial charge in [-0.2, -0.15) is 0 Å². The average Bonchev–Trinajstić information content (AvgIpc) is 2.01. The highest BCUT2D eigenvalue weighted by atomic mass is 16.1. The molecule has 0 unspecified atom stereocenters. The highest BCUT2D eigenvalue weighted by molar-refractivity contribution is 5.95. The van der Waals surface area contributed by atoms with E-state index in [4.69, 9.17) is 0 Å². The molecule has 2 heteroatoms. The fraction of sp³-hybridized carbons (Fsp3) is 0.727. The van der Waals surface area contributed by atoms with E-state index in [1.165, 1.54) is 0 Å². The van der Waals surface area contributed by atoms with Gasteiger partial charge in [-0.1, -0.05) is 0 Å². The quantitative estimate of drug-likeness (QED) is 0.629. The Labute approximate surface area is 80.4 Å². The van der Waals surface area contributed by atoms with Crippen LogP contribution in [-0.2, 0) is 4.79 Å². The molecule has 0 saturated heterocycles. The Morgan fingerprint density at radius 2 is 1.85 bits per heavy atom. The van der Waals surface area contributed by atoms with E-state index in [1.807, 2.05) is 6.20 Å². The maximum absolute atomic E-state index is 11.4. The van der Waals surface area contributed by atoms with Gasteiger partial charge in [0.25, 0.3) is 0 Å². The zero-order valence-corrected chi connectivity index (χ0v) is 8.81. The minimum atomic E-state index is 0.0602. The summed E-state index contributed by atoms with van der Waals surface area (Å²) in [6.07, 6.45) is 5.80. The Morgan fingerprint density at radius 1 is 1.23 bits per heavy atom. The van der Waals surface area contributed by atoms with Crippen LogP contribution in [0.5, 0.6) is 0 Å². The fourth-order valence-corrected chi connectivity index (χ4v) is 1.36. The van der Waals surface area contributed by atoms with Crippen molar-refractivity contribution in [3.63, 3.8) is 0 Å². The van der Waals surface area contributed by atoms with E-state index < -0.39 is 0 Å². The predicted molar refractivity (Wildman–Crippen MR) is 54.4 cm³/mol. The van der Waals surface area contributed by atoms with Gasteiger partial charge in [-0.3, -0.25) is 4.79 Å². The van der Waals surface area contributed by atoms with Crippen molar-refractivity contribution >= 4 is 5.78 Å². The molecule has 13 heavy (non-hydrogen) atoms. The zero-order chi connectivity index (χ0) is 9.90. The van der Waals surface area contributed by atoms with Crippen LogP contribution in [0.3, 0.4) is 0 Å². The molecule has 1 rings (SSSR count). The SMILES string of the molecule is CC(C)(C)N/C=C1/CCCCC1=O. The molecule has 0 aliphatic heterocycles. The van der Waals surface area contributed by atoms with Crippen molar-refractivity contribution < 1.29 is 4.79 Å². The molecule has 0 spiro atoms. The number of nitrogens with one attached hydrogen (secondary N) is 1. The second-order valence-electron chi connectivity index (χ2n) is 4.69. The Hall–Kier alpha value is -0.790. The van der Waals surface area contributed by atoms with Crippen LogP contribution in [0, 0.1) is 0 Å². The van der Waals surface area contributed by atoms with Crippen molar-refractivity contribution in [2.75, 3.05) is 0 Å². The second-order valence-corrected chi connectivity index (χ2v) is 4.69. The third kappa shape index (κ3) is 3.62. The van der Waals surface area contributed by atoms with Gasteiger partial charge in [-0.25, -0.2) is 0 Å². The van der Waals surface area contributed by atoms with Crippen LogP contribution in [0.1, 0.15) is 46.5 Å². The third-order valence-electron chi connectivity index (χ3n) is 2.14. The minimum absolute atomic E-state index is 0.0602. The topological polar surface area (TPSA) is 29.1 Å². The molecule has 0 bridgehead atoms. The van der Waals surface area contributed by atoms with Gasteiger partial charge >= 0.3 is 0 Å². The highest BCUT2D eigenvalue weighted by Crippen LogP contribution is 2.19. The normalized spacial score (nSPS) is 22.1. The van der Waals surface area contributed by atoms with Crippen molar-refractivity contribution in [3.8, 4) is 0 Å². The first kappa shape index (κ1) is 10.3. The highest BCUT2D eigenvalue weighted by Gasteiger charge is 2.15. The predicted octanol–water partition coefficient (Wildman–Crippen LogP) is 2.40. The molecular weight excluding hydrogens is 162 g/mol. The first-order valence-corrected chi connectivity index (χ1v) is 4.99. The zero-order valence-electron chi connectivity index (χ0n) is 8.81.